The van der Waals surface area contributed by atoms with Crippen LogP contribution in [0.3, 0.4) is 0 Å². The maximum atomic E-state index is 13.0. The second kappa shape index (κ2) is 10.9. The molecule has 0 radical (unpaired) electrons. The van der Waals surface area contributed by atoms with Gasteiger partial charge in [0.2, 0.25) is 0 Å². The highest BCUT2D eigenvalue weighted by atomic mass is 16.5. The zero-order chi connectivity index (χ0) is 25.9. The topological polar surface area (TPSA) is 84.9 Å². The summed E-state index contributed by atoms with van der Waals surface area (Å²) in [7, 11) is 0. The molecule has 6 rings (SSSR count). The van der Waals surface area contributed by atoms with Crippen molar-refractivity contribution in [3.8, 4) is 11.4 Å². The Morgan fingerprint density at radius 3 is 2.18 bits per heavy atom. The van der Waals surface area contributed by atoms with Crippen molar-refractivity contribution < 1.29 is 14.6 Å². The predicted octanol–water partition coefficient (Wildman–Crippen LogP) is 3.56. The van der Waals surface area contributed by atoms with Crippen molar-refractivity contribution in [2.24, 2.45) is 0 Å². The Kier molecular flexibility index (Phi) is 7.09. The van der Waals surface area contributed by atoms with Crippen LogP contribution in [-0.2, 0) is 11.2 Å². The second-order valence-corrected chi connectivity index (χ2v) is 9.98. The van der Waals surface area contributed by atoms with Gasteiger partial charge < -0.3 is 24.6 Å². The van der Waals surface area contributed by atoms with Crippen LogP contribution in [0.5, 0.6) is 0 Å². The fourth-order valence-corrected chi connectivity index (χ4v) is 5.25. The summed E-state index contributed by atoms with van der Waals surface area (Å²) in [5.74, 6) is 0.923. The molecule has 1 aromatic heterocycles. The van der Waals surface area contributed by atoms with Crippen molar-refractivity contribution in [2.45, 2.75) is 6.42 Å². The lowest BCUT2D eigenvalue weighted by atomic mass is 10.0. The zero-order valence-corrected chi connectivity index (χ0v) is 21.5. The third-order valence-electron chi connectivity index (χ3n) is 7.55. The quantitative estimate of drug-likeness (QED) is 0.367. The molecule has 0 bridgehead atoms. The van der Waals surface area contributed by atoms with Crippen molar-refractivity contribution in [3.05, 3.63) is 77.9 Å². The SMILES string of the molecule is O=C(Cc1ccc2nc(-c3ccc(N4CCN(CO)CC4)cc3)[nH]c2c1)c1ccc(N2CCOCC2)cc1. The molecular formula is C30H33N5O3. The molecule has 3 heterocycles. The lowest BCUT2D eigenvalue weighted by molar-refractivity contribution is 0.0992. The number of fused-ring (bicyclic) bond motifs is 1. The van der Waals surface area contributed by atoms with Gasteiger partial charge in [-0.25, -0.2) is 4.98 Å². The van der Waals surface area contributed by atoms with E-state index in [-0.39, 0.29) is 12.5 Å². The van der Waals surface area contributed by atoms with E-state index in [0.29, 0.717) is 6.42 Å². The van der Waals surface area contributed by atoms with Gasteiger partial charge in [-0.3, -0.25) is 9.69 Å². The third kappa shape index (κ3) is 5.29. The average Bonchev–Trinajstić information content (AvgIpc) is 3.41. The van der Waals surface area contributed by atoms with Gasteiger partial charge in [0.1, 0.15) is 5.82 Å². The minimum absolute atomic E-state index is 0.105. The Hall–Kier alpha value is -3.72. The Labute approximate surface area is 222 Å². The van der Waals surface area contributed by atoms with Crippen molar-refractivity contribution in [1.29, 1.82) is 0 Å². The molecule has 8 nitrogen and oxygen atoms in total. The normalized spacial score (nSPS) is 16.8. The lowest BCUT2D eigenvalue weighted by Crippen LogP contribution is -2.46. The number of anilines is 2. The van der Waals surface area contributed by atoms with Crippen LogP contribution in [0.1, 0.15) is 15.9 Å². The molecule has 3 aromatic carbocycles. The molecule has 2 aliphatic heterocycles. The van der Waals surface area contributed by atoms with Gasteiger partial charge in [0.25, 0.3) is 0 Å². The van der Waals surface area contributed by atoms with E-state index in [1.807, 2.05) is 47.4 Å². The first-order chi connectivity index (χ1) is 18.7. The molecule has 0 saturated carbocycles. The van der Waals surface area contributed by atoms with E-state index in [1.54, 1.807) is 0 Å². The number of ketones is 1. The van der Waals surface area contributed by atoms with E-state index in [0.717, 1.165) is 91.7 Å². The molecule has 0 unspecified atom stereocenters. The van der Waals surface area contributed by atoms with E-state index in [2.05, 4.69) is 39.0 Å². The highest BCUT2D eigenvalue weighted by Gasteiger charge is 2.17. The molecule has 0 aliphatic carbocycles. The molecule has 2 aliphatic rings. The number of ether oxygens (including phenoxy) is 1. The summed E-state index contributed by atoms with van der Waals surface area (Å²) in [5, 5.41) is 9.31. The standard InChI is InChI=1S/C30H33N5O3/c36-21-33-11-13-34(14-12-33)25-8-4-24(5-9-25)30-31-27-10-1-22(19-28(27)32-30)20-29(37)23-2-6-26(7-3-23)35-15-17-38-18-16-35/h1-10,19,36H,11-18,20-21H2,(H,31,32). The number of aliphatic hydroxyl groups is 1. The Bertz CT molecular complexity index is 1390. The molecule has 0 atom stereocenters. The third-order valence-corrected chi connectivity index (χ3v) is 7.55. The van der Waals surface area contributed by atoms with Crippen LogP contribution in [0.25, 0.3) is 22.4 Å². The summed E-state index contributed by atoms with van der Waals surface area (Å²) in [4.78, 5) is 27.9. The smallest absolute Gasteiger partial charge is 0.167 e. The number of Topliss-reactive ketones (excluding diaryl/α,β-unsaturated/α-hetero) is 1. The summed E-state index contributed by atoms with van der Waals surface area (Å²) in [6.45, 7) is 6.92. The number of H-pyrrole nitrogens is 1. The van der Waals surface area contributed by atoms with Crippen LogP contribution in [0.2, 0.25) is 0 Å². The zero-order valence-electron chi connectivity index (χ0n) is 21.5. The number of aromatic amines is 1. The summed E-state index contributed by atoms with van der Waals surface area (Å²) < 4.78 is 5.43. The van der Waals surface area contributed by atoms with Crippen LogP contribution in [0.15, 0.2) is 66.7 Å². The number of imidazole rings is 1. The molecular weight excluding hydrogens is 478 g/mol. The lowest BCUT2D eigenvalue weighted by Gasteiger charge is -2.35. The molecule has 2 saturated heterocycles. The monoisotopic (exact) mass is 511 g/mol. The number of hydrogen-bond donors (Lipinski definition) is 2. The summed E-state index contributed by atoms with van der Waals surface area (Å²) in [6.07, 6.45) is 0.347. The predicted molar refractivity (Wildman–Crippen MR) is 150 cm³/mol. The van der Waals surface area contributed by atoms with E-state index < -0.39 is 0 Å². The first-order valence-corrected chi connectivity index (χ1v) is 13.3. The largest absolute Gasteiger partial charge is 0.381 e. The number of aliphatic hydroxyl groups excluding tert-OH is 1. The van der Waals surface area contributed by atoms with E-state index >= 15 is 0 Å². The van der Waals surface area contributed by atoms with Gasteiger partial charge in [-0.2, -0.15) is 0 Å². The van der Waals surface area contributed by atoms with Gasteiger partial charge in [0, 0.05) is 68.2 Å². The molecule has 8 heteroatoms. The summed E-state index contributed by atoms with van der Waals surface area (Å²) >= 11 is 0. The maximum Gasteiger partial charge on any atom is 0.167 e. The van der Waals surface area contributed by atoms with Gasteiger partial charge in [0.05, 0.1) is 31.0 Å². The molecule has 0 amide bonds. The number of nitrogens with zero attached hydrogens (tertiary/aromatic N) is 4. The highest BCUT2D eigenvalue weighted by molar-refractivity contribution is 5.98. The molecule has 4 aromatic rings. The average molecular weight is 512 g/mol. The number of piperazine rings is 1. The molecule has 196 valence electrons. The Balaban J connectivity index is 1.12. The Morgan fingerprint density at radius 2 is 1.50 bits per heavy atom. The van der Waals surface area contributed by atoms with Crippen LogP contribution in [0.4, 0.5) is 11.4 Å². The van der Waals surface area contributed by atoms with Crippen LogP contribution in [-0.4, -0.2) is 85.0 Å². The molecule has 2 N–H and O–H groups in total. The minimum Gasteiger partial charge on any atom is -0.381 e. The van der Waals surface area contributed by atoms with E-state index in [4.69, 9.17) is 9.72 Å². The van der Waals surface area contributed by atoms with Crippen LogP contribution in [0, 0.1) is 0 Å². The minimum atomic E-state index is 0.105. The number of nitrogens with one attached hydrogen (secondary N) is 1. The number of hydrogen-bond acceptors (Lipinski definition) is 7. The molecule has 2 fully saturated rings. The van der Waals surface area contributed by atoms with Gasteiger partial charge >= 0.3 is 0 Å². The summed E-state index contributed by atoms with van der Waals surface area (Å²) in [5.41, 5.74) is 6.84. The van der Waals surface area contributed by atoms with Gasteiger partial charge in [0.15, 0.2) is 5.78 Å². The number of aromatic nitrogens is 2. The number of carbonyl (C=O) groups is 1. The number of benzene rings is 3. The second-order valence-electron chi connectivity index (χ2n) is 9.98. The van der Waals surface area contributed by atoms with Gasteiger partial charge in [-0.05, 0) is 66.2 Å². The Morgan fingerprint density at radius 1 is 0.842 bits per heavy atom. The number of morpholine rings is 1. The highest BCUT2D eigenvalue weighted by Crippen LogP contribution is 2.25. The van der Waals surface area contributed by atoms with Gasteiger partial charge in [-0.1, -0.05) is 6.07 Å². The first kappa shape index (κ1) is 24.6. The van der Waals surface area contributed by atoms with Crippen molar-refractivity contribution in [1.82, 2.24) is 14.9 Å². The van der Waals surface area contributed by atoms with E-state index in [1.165, 1.54) is 5.69 Å². The van der Waals surface area contributed by atoms with Crippen molar-refractivity contribution in [3.63, 3.8) is 0 Å². The maximum absolute atomic E-state index is 13.0. The molecule has 38 heavy (non-hydrogen) atoms. The fraction of sp³-hybridized carbons (Fsp3) is 0.333. The number of carbonyl (C=O) groups excluding carboxylic acids is 1. The van der Waals surface area contributed by atoms with Crippen molar-refractivity contribution >= 4 is 28.2 Å². The van der Waals surface area contributed by atoms with Gasteiger partial charge in [-0.15, -0.1) is 0 Å². The van der Waals surface area contributed by atoms with E-state index in [9.17, 15) is 9.90 Å². The fourth-order valence-electron chi connectivity index (χ4n) is 5.25. The molecule has 0 spiro atoms. The number of rotatable bonds is 7. The summed E-state index contributed by atoms with van der Waals surface area (Å²) in [6, 6.07) is 22.4. The van der Waals surface area contributed by atoms with Crippen molar-refractivity contribution in [2.75, 3.05) is 69.0 Å². The van der Waals surface area contributed by atoms with Crippen LogP contribution >= 0.6 is 0 Å². The first-order valence-electron chi connectivity index (χ1n) is 13.3. The van der Waals surface area contributed by atoms with Crippen LogP contribution < -0.4 is 9.80 Å².